The molecule has 0 bridgehead atoms. The van der Waals surface area contributed by atoms with Gasteiger partial charge >= 0.3 is 5.97 Å². The molecule has 1 aromatic rings. The molecule has 0 aromatic carbocycles. The summed E-state index contributed by atoms with van der Waals surface area (Å²) in [7, 11) is 0. The Morgan fingerprint density at radius 2 is 1.95 bits per heavy atom. The van der Waals surface area contributed by atoms with Crippen molar-refractivity contribution in [2.45, 2.75) is 65.5 Å². The molecule has 0 aliphatic heterocycles. The minimum atomic E-state index is -1.11. The predicted molar refractivity (Wildman–Crippen MR) is 85.0 cm³/mol. The molecule has 5 heteroatoms. The number of carboxylic acids is 1. The number of nitrogens with zero attached hydrogens (tertiary/aromatic N) is 1. The average molecular weight is 306 g/mol. The SMILES string of the molecule is CCn1c(C)cc(C(=O)NC2(C(=O)O)CCC(C)CC2)c1C. The summed E-state index contributed by atoms with van der Waals surface area (Å²) in [4.78, 5) is 24.4. The molecule has 0 spiro atoms. The molecule has 1 amide bonds. The molecule has 0 atom stereocenters. The van der Waals surface area contributed by atoms with Crippen LogP contribution in [0.2, 0.25) is 0 Å². The van der Waals surface area contributed by atoms with E-state index in [0.29, 0.717) is 24.3 Å². The zero-order valence-corrected chi connectivity index (χ0v) is 13.9. The van der Waals surface area contributed by atoms with Crippen LogP contribution >= 0.6 is 0 Å². The van der Waals surface area contributed by atoms with Gasteiger partial charge in [0.05, 0.1) is 5.56 Å². The molecule has 122 valence electrons. The number of aryl methyl sites for hydroxylation is 1. The Bertz CT molecular complexity index is 581. The molecule has 1 aliphatic carbocycles. The highest BCUT2D eigenvalue weighted by Gasteiger charge is 2.42. The highest BCUT2D eigenvalue weighted by molar-refractivity contribution is 5.99. The van der Waals surface area contributed by atoms with E-state index in [1.165, 1.54) is 0 Å². The fourth-order valence-electron chi connectivity index (χ4n) is 3.45. The highest BCUT2D eigenvalue weighted by atomic mass is 16.4. The fourth-order valence-corrected chi connectivity index (χ4v) is 3.45. The van der Waals surface area contributed by atoms with E-state index >= 15 is 0 Å². The number of amides is 1. The second-order valence-corrected chi connectivity index (χ2v) is 6.55. The molecular weight excluding hydrogens is 280 g/mol. The molecule has 2 N–H and O–H groups in total. The van der Waals surface area contributed by atoms with Gasteiger partial charge in [0.15, 0.2) is 0 Å². The topological polar surface area (TPSA) is 71.3 Å². The summed E-state index contributed by atoms with van der Waals surface area (Å²) < 4.78 is 2.06. The monoisotopic (exact) mass is 306 g/mol. The number of carbonyl (C=O) groups is 2. The van der Waals surface area contributed by atoms with Gasteiger partial charge in [0.1, 0.15) is 5.54 Å². The maximum absolute atomic E-state index is 12.6. The zero-order chi connectivity index (χ0) is 16.5. The van der Waals surface area contributed by atoms with E-state index in [-0.39, 0.29) is 5.91 Å². The van der Waals surface area contributed by atoms with Gasteiger partial charge in [-0.3, -0.25) is 4.79 Å². The second kappa shape index (κ2) is 6.15. The standard InChI is InChI=1S/C17H26N2O3/c1-5-19-12(3)10-14(13(19)4)15(20)18-17(16(21)22)8-6-11(2)7-9-17/h10-11H,5-9H2,1-4H3,(H,18,20)(H,21,22). The van der Waals surface area contributed by atoms with Crippen molar-refractivity contribution in [3.8, 4) is 0 Å². The van der Waals surface area contributed by atoms with Gasteiger partial charge in [-0.25, -0.2) is 4.79 Å². The lowest BCUT2D eigenvalue weighted by molar-refractivity contribution is -0.146. The minimum Gasteiger partial charge on any atom is -0.480 e. The largest absolute Gasteiger partial charge is 0.480 e. The number of nitrogens with one attached hydrogen (secondary N) is 1. The Labute approximate surface area is 131 Å². The summed E-state index contributed by atoms with van der Waals surface area (Å²) in [6.45, 7) is 8.82. The van der Waals surface area contributed by atoms with Crippen LogP contribution in [0.4, 0.5) is 0 Å². The van der Waals surface area contributed by atoms with E-state index < -0.39 is 11.5 Å². The molecular formula is C17H26N2O3. The minimum absolute atomic E-state index is 0.273. The van der Waals surface area contributed by atoms with Gasteiger partial charge in [-0.2, -0.15) is 0 Å². The number of hydrogen-bond donors (Lipinski definition) is 2. The summed E-state index contributed by atoms with van der Waals surface area (Å²) in [5, 5.41) is 12.4. The molecule has 5 nitrogen and oxygen atoms in total. The summed E-state index contributed by atoms with van der Waals surface area (Å²) in [6, 6.07) is 1.84. The van der Waals surface area contributed by atoms with Crippen molar-refractivity contribution in [1.82, 2.24) is 9.88 Å². The number of aliphatic carboxylic acids is 1. The van der Waals surface area contributed by atoms with Crippen molar-refractivity contribution in [2.24, 2.45) is 5.92 Å². The first-order valence-corrected chi connectivity index (χ1v) is 8.03. The van der Waals surface area contributed by atoms with Crippen LogP contribution in [-0.2, 0) is 11.3 Å². The van der Waals surface area contributed by atoms with Crippen LogP contribution in [0.5, 0.6) is 0 Å². The van der Waals surface area contributed by atoms with Crippen LogP contribution in [0.1, 0.15) is 61.3 Å². The Hall–Kier alpha value is -1.78. The van der Waals surface area contributed by atoms with Crippen molar-refractivity contribution in [3.63, 3.8) is 0 Å². The Morgan fingerprint density at radius 3 is 2.41 bits per heavy atom. The van der Waals surface area contributed by atoms with Crippen LogP contribution in [0.15, 0.2) is 6.07 Å². The lowest BCUT2D eigenvalue weighted by Gasteiger charge is -2.36. The average Bonchev–Trinajstić information content (AvgIpc) is 2.76. The maximum Gasteiger partial charge on any atom is 0.329 e. The first-order chi connectivity index (χ1) is 10.3. The molecule has 1 heterocycles. The summed E-state index contributed by atoms with van der Waals surface area (Å²) >= 11 is 0. The predicted octanol–water partition coefficient (Wildman–Crippen LogP) is 2.89. The van der Waals surface area contributed by atoms with E-state index in [1.807, 2.05) is 26.8 Å². The molecule has 2 rings (SSSR count). The van der Waals surface area contributed by atoms with Gasteiger partial charge in [0, 0.05) is 17.9 Å². The number of carboxylic acid groups (broad SMARTS) is 1. The zero-order valence-electron chi connectivity index (χ0n) is 13.9. The molecule has 22 heavy (non-hydrogen) atoms. The molecule has 0 saturated heterocycles. The maximum atomic E-state index is 12.6. The summed E-state index contributed by atoms with van der Waals surface area (Å²) in [6.07, 6.45) is 2.67. The van der Waals surface area contributed by atoms with Crippen molar-refractivity contribution in [3.05, 3.63) is 23.0 Å². The van der Waals surface area contributed by atoms with Crippen molar-refractivity contribution >= 4 is 11.9 Å². The van der Waals surface area contributed by atoms with Crippen LogP contribution in [0.25, 0.3) is 0 Å². The lowest BCUT2D eigenvalue weighted by atomic mass is 9.77. The van der Waals surface area contributed by atoms with Gasteiger partial charge in [-0.15, -0.1) is 0 Å². The number of rotatable bonds is 4. The number of aromatic nitrogens is 1. The Balaban J connectivity index is 2.24. The van der Waals surface area contributed by atoms with E-state index in [4.69, 9.17) is 0 Å². The third-order valence-electron chi connectivity index (χ3n) is 5.02. The van der Waals surface area contributed by atoms with Crippen LogP contribution in [0.3, 0.4) is 0 Å². The van der Waals surface area contributed by atoms with Crippen molar-refractivity contribution in [1.29, 1.82) is 0 Å². The first-order valence-electron chi connectivity index (χ1n) is 8.03. The number of carbonyl (C=O) groups excluding carboxylic acids is 1. The summed E-state index contributed by atoms with van der Waals surface area (Å²) in [5.41, 5.74) is 1.38. The smallest absolute Gasteiger partial charge is 0.329 e. The van der Waals surface area contributed by atoms with Crippen molar-refractivity contribution in [2.75, 3.05) is 0 Å². The third kappa shape index (κ3) is 2.89. The molecule has 1 aromatic heterocycles. The lowest BCUT2D eigenvalue weighted by Crippen LogP contribution is -2.56. The quantitative estimate of drug-likeness (QED) is 0.898. The van der Waals surface area contributed by atoms with Gasteiger partial charge in [0.2, 0.25) is 0 Å². The van der Waals surface area contributed by atoms with Gasteiger partial charge in [-0.1, -0.05) is 6.92 Å². The summed E-state index contributed by atoms with van der Waals surface area (Å²) in [5.74, 6) is -0.670. The third-order valence-corrected chi connectivity index (χ3v) is 5.02. The second-order valence-electron chi connectivity index (χ2n) is 6.55. The van der Waals surface area contributed by atoms with Gasteiger partial charge < -0.3 is 15.0 Å². The number of hydrogen-bond acceptors (Lipinski definition) is 2. The van der Waals surface area contributed by atoms with E-state index in [2.05, 4.69) is 16.8 Å². The molecule has 0 unspecified atom stereocenters. The van der Waals surface area contributed by atoms with Crippen LogP contribution in [-0.4, -0.2) is 27.1 Å². The Morgan fingerprint density at radius 1 is 1.36 bits per heavy atom. The van der Waals surface area contributed by atoms with Crippen molar-refractivity contribution < 1.29 is 14.7 Å². The van der Waals surface area contributed by atoms with E-state index in [9.17, 15) is 14.7 Å². The van der Waals surface area contributed by atoms with E-state index in [0.717, 1.165) is 30.8 Å². The highest BCUT2D eigenvalue weighted by Crippen LogP contribution is 2.32. The Kier molecular flexibility index (Phi) is 4.63. The molecule has 1 aliphatic rings. The van der Waals surface area contributed by atoms with Gasteiger partial charge in [-0.05, 0) is 58.4 Å². The van der Waals surface area contributed by atoms with Crippen LogP contribution < -0.4 is 5.32 Å². The first kappa shape index (κ1) is 16.6. The molecule has 1 saturated carbocycles. The van der Waals surface area contributed by atoms with E-state index in [1.54, 1.807) is 0 Å². The fraction of sp³-hybridized carbons (Fsp3) is 0.647. The van der Waals surface area contributed by atoms with Gasteiger partial charge in [0.25, 0.3) is 5.91 Å². The van der Waals surface area contributed by atoms with Crippen LogP contribution in [0, 0.1) is 19.8 Å². The normalized spacial score (nSPS) is 25.0. The molecule has 1 fully saturated rings. The molecule has 0 radical (unpaired) electrons.